The van der Waals surface area contributed by atoms with Crippen molar-refractivity contribution in [2.75, 3.05) is 11.2 Å². The van der Waals surface area contributed by atoms with E-state index in [-0.39, 0.29) is 11.5 Å². The first-order valence-corrected chi connectivity index (χ1v) is 5.79. The van der Waals surface area contributed by atoms with Gasteiger partial charge in [-0.1, -0.05) is 32.4 Å². The van der Waals surface area contributed by atoms with Crippen LogP contribution in [0.15, 0.2) is 18.3 Å². The van der Waals surface area contributed by atoms with Gasteiger partial charge in [-0.2, -0.15) is 0 Å². The molecule has 1 aromatic heterocycles. The average Bonchev–Trinajstić information content (AvgIpc) is 2.15. The Balaban J connectivity index is 2.71. The van der Waals surface area contributed by atoms with Gasteiger partial charge in [0, 0.05) is 18.1 Å². The number of alkyl halides is 1. The van der Waals surface area contributed by atoms with Gasteiger partial charge in [-0.15, -0.1) is 11.6 Å². The average molecular weight is 247 g/mol. The van der Waals surface area contributed by atoms with E-state index in [0.717, 1.165) is 5.82 Å². The first-order valence-electron chi connectivity index (χ1n) is 4.87. The summed E-state index contributed by atoms with van der Waals surface area (Å²) >= 11 is 11.7. The van der Waals surface area contributed by atoms with Crippen molar-refractivity contribution in [2.45, 2.75) is 26.8 Å². The van der Waals surface area contributed by atoms with Crippen LogP contribution in [0.25, 0.3) is 0 Å². The summed E-state index contributed by atoms with van der Waals surface area (Å²) in [5, 5.41) is 3.93. The smallest absolute Gasteiger partial charge is 0.126 e. The van der Waals surface area contributed by atoms with Crippen LogP contribution in [0.3, 0.4) is 0 Å². The highest BCUT2D eigenvalue weighted by Crippen LogP contribution is 2.23. The minimum atomic E-state index is 0.100. The Morgan fingerprint density at radius 2 is 2.07 bits per heavy atom. The number of halogens is 2. The van der Waals surface area contributed by atoms with E-state index in [0.29, 0.717) is 10.9 Å². The topological polar surface area (TPSA) is 24.9 Å². The van der Waals surface area contributed by atoms with Gasteiger partial charge in [-0.05, 0) is 17.5 Å². The van der Waals surface area contributed by atoms with Gasteiger partial charge in [0.05, 0.1) is 5.02 Å². The summed E-state index contributed by atoms with van der Waals surface area (Å²) in [4.78, 5) is 4.18. The van der Waals surface area contributed by atoms with Crippen LogP contribution in [0.4, 0.5) is 5.82 Å². The molecule has 1 aromatic rings. The minimum Gasteiger partial charge on any atom is -0.366 e. The third kappa shape index (κ3) is 3.88. The molecule has 0 bridgehead atoms. The summed E-state index contributed by atoms with van der Waals surface area (Å²) in [7, 11) is 0. The summed E-state index contributed by atoms with van der Waals surface area (Å²) in [6, 6.07) is 3.85. The number of anilines is 1. The lowest BCUT2D eigenvalue weighted by Gasteiger charge is -2.30. The van der Waals surface area contributed by atoms with E-state index >= 15 is 0 Å². The maximum absolute atomic E-state index is 5.92. The summed E-state index contributed by atoms with van der Waals surface area (Å²) in [6.45, 7) is 6.43. The summed E-state index contributed by atoms with van der Waals surface area (Å²) < 4.78 is 0. The quantitative estimate of drug-likeness (QED) is 0.821. The monoisotopic (exact) mass is 246 g/mol. The lowest BCUT2D eigenvalue weighted by molar-refractivity contribution is 0.361. The zero-order valence-electron chi connectivity index (χ0n) is 9.22. The predicted molar refractivity (Wildman–Crippen MR) is 66.8 cm³/mol. The van der Waals surface area contributed by atoms with E-state index in [4.69, 9.17) is 23.2 Å². The first-order chi connectivity index (χ1) is 6.93. The molecule has 0 saturated heterocycles. The van der Waals surface area contributed by atoms with Gasteiger partial charge in [0.25, 0.3) is 0 Å². The molecule has 0 amide bonds. The second kappa shape index (κ2) is 5.04. The second-order valence-electron chi connectivity index (χ2n) is 4.58. The Kier molecular flexibility index (Phi) is 4.23. The van der Waals surface area contributed by atoms with Crippen LogP contribution in [-0.2, 0) is 0 Å². The Morgan fingerprint density at radius 1 is 1.40 bits per heavy atom. The molecule has 1 N–H and O–H groups in total. The molecule has 1 unspecified atom stereocenters. The van der Waals surface area contributed by atoms with Crippen molar-refractivity contribution in [3.8, 4) is 0 Å². The number of aromatic nitrogens is 1. The molecule has 0 aliphatic carbocycles. The van der Waals surface area contributed by atoms with Crippen LogP contribution in [-0.4, -0.2) is 16.9 Å². The van der Waals surface area contributed by atoms with Crippen molar-refractivity contribution in [1.29, 1.82) is 0 Å². The van der Waals surface area contributed by atoms with Crippen molar-refractivity contribution in [3.63, 3.8) is 0 Å². The lowest BCUT2D eigenvalue weighted by Crippen LogP contribution is -2.35. The molecular formula is C11H16Cl2N2. The molecule has 0 aliphatic rings. The van der Waals surface area contributed by atoms with Crippen LogP contribution in [0.1, 0.15) is 20.8 Å². The fraction of sp³-hybridized carbons (Fsp3) is 0.545. The van der Waals surface area contributed by atoms with Gasteiger partial charge >= 0.3 is 0 Å². The largest absolute Gasteiger partial charge is 0.366 e. The van der Waals surface area contributed by atoms with Gasteiger partial charge in [-0.3, -0.25) is 0 Å². The zero-order chi connectivity index (χ0) is 11.5. The Hall–Kier alpha value is -0.470. The number of pyridine rings is 1. The number of rotatable bonds is 3. The van der Waals surface area contributed by atoms with Crippen molar-refractivity contribution in [2.24, 2.45) is 5.41 Å². The van der Waals surface area contributed by atoms with Crippen molar-refractivity contribution >= 4 is 29.0 Å². The van der Waals surface area contributed by atoms with Crippen molar-refractivity contribution in [1.82, 2.24) is 4.98 Å². The molecule has 0 aliphatic heterocycles. The van der Waals surface area contributed by atoms with E-state index in [9.17, 15) is 0 Å². The van der Waals surface area contributed by atoms with E-state index in [1.165, 1.54) is 0 Å². The normalized spacial score (nSPS) is 13.7. The highest BCUT2D eigenvalue weighted by atomic mass is 35.5. The summed E-state index contributed by atoms with van der Waals surface area (Å²) in [5.74, 6) is 1.35. The first kappa shape index (κ1) is 12.6. The van der Waals surface area contributed by atoms with Crippen LogP contribution in [0, 0.1) is 5.41 Å². The summed E-state index contributed by atoms with van der Waals surface area (Å²) in [6.07, 6.45) is 1.62. The van der Waals surface area contributed by atoms with Gasteiger partial charge in [0.1, 0.15) is 5.82 Å². The zero-order valence-corrected chi connectivity index (χ0v) is 10.7. The lowest BCUT2D eigenvalue weighted by atomic mass is 9.88. The van der Waals surface area contributed by atoms with Crippen LogP contribution < -0.4 is 5.32 Å². The molecule has 0 aromatic carbocycles. The van der Waals surface area contributed by atoms with E-state index in [1.807, 2.05) is 12.1 Å². The predicted octanol–water partition coefficient (Wildman–Crippen LogP) is 3.80. The van der Waals surface area contributed by atoms with Crippen LogP contribution in [0.2, 0.25) is 5.02 Å². The molecule has 84 valence electrons. The van der Waals surface area contributed by atoms with Crippen LogP contribution >= 0.6 is 23.2 Å². The highest BCUT2D eigenvalue weighted by molar-refractivity contribution is 6.30. The standard InChI is InChI=1S/C11H16Cl2N2/c1-11(2,3)9(6-12)15-10-5-4-8(13)7-14-10/h4-5,7,9H,6H2,1-3H3,(H,14,15). The molecule has 2 nitrogen and oxygen atoms in total. The maximum atomic E-state index is 5.92. The molecule has 0 fully saturated rings. The fourth-order valence-electron chi connectivity index (χ4n) is 1.13. The second-order valence-corrected chi connectivity index (χ2v) is 5.32. The number of hydrogen-bond acceptors (Lipinski definition) is 2. The fourth-order valence-corrected chi connectivity index (χ4v) is 1.78. The van der Waals surface area contributed by atoms with Gasteiger partial charge in [-0.25, -0.2) is 4.98 Å². The van der Waals surface area contributed by atoms with E-state index < -0.39 is 0 Å². The minimum absolute atomic E-state index is 0.100. The number of hydrogen-bond donors (Lipinski definition) is 1. The van der Waals surface area contributed by atoms with Crippen molar-refractivity contribution in [3.05, 3.63) is 23.4 Å². The van der Waals surface area contributed by atoms with E-state index in [2.05, 4.69) is 31.1 Å². The molecule has 1 rings (SSSR count). The molecule has 0 radical (unpaired) electrons. The van der Waals surface area contributed by atoms with Gasteiger partial charge in [0.15, 0.2) is 0 Å². The molecule has 4 heteroatoms. The SMILES string of the molecule is CC(C)(C)C(CCl)Nc1ccc(Cl)cn1. The summed E-state index contributed by atoms with van der Waals surface area (Å²) in [5.41, 5.74) is 0.100. The highest BCUT2D eigenvalue weighted by Gasteiger charge is 2.23. The van der Waals surface area contributed by atoms with Crippen molar-refractivity contribution < 1.29 is 0 Å². The van der Waals surface area contributed by atoms with Crippen LogP contribution in [0.5, 0.6) is 0 Å². The number of nitrogens with one attached hydrogen (secondary N) is 1. The molecule has 1 heterocycles. The molecule has 1 atom stereocenters. The Morgan fingerprint density at radius 3 is 2.47 bits per heavy atom. The molecule has 15 heavy (non-hydrogen) atoms. The Bertz CT molecular complexity index is 303. The third-order valence-corrected chi connectivity index (χ3v) is 2.78. The molecule has 0 saturated carbocycles. The van der Waals surface area contributed by atoms with E-state index in [1.54, 1.807) is 6.20 Å². The molecule has 0 spiro atoms. The third-order valence-electron chi connectivity index (χ3n) is 2.25. The van der Waals surface area contributed by atoms with Gasteiger partial charge in [0.2, 0.25) is 0 Å². The number of nitrogens with zero attached hydrogens (tertiary/aromatic N) is 1. The molecular weight excluding hydrogens is 231 g/mol. The Labute approximate surface area is 101 Å². The maximum Gasteiger partial charge on any atom is 0.126 e. The van der Waals surface area contributed by atoms with Gasteiger partial charge < -0.3 is 5.32 Å².